The third kappa shape index (κ3) is 7.10. The number of unbranched alkanes of at least 4 members (excludes halogenated alkanes) is 6. The number of benzene rings is 1. The first-order valence-corrected chi connectivity index (χ1v) is 13.1. The molecule has 25 heavy (non-hydrogen) atoms. The minimum atomic E-state index is -1.77. The van der Waals surface area contributed by atoms with Crippen LogP contribution in [-0.2, 0) is 0 Å². The number of carboxylic acids is 1. The van der Waals surface area contributed by atoms with Crippen LogP contribution >= 0.6 is 7.26 Å². The van der Waals surface area contributed by atoms with Crippen LogP contribution in [0.3, 0.4) is 0 Å². The Balaban J connectivity index is 3.21. The average molecular weight is 367 g/mol. The molecule has 0 fully saturated rings. The van der Waals surface area contributed by atoms with E-state index >= 15 is 0 Å². The molecule has 0 spiro atoms. The van der Waals surface area contributed by atoms with E-state index in [1.54, 1.807) is 0 Å². The van der Waals surface area contributed by atoms with Gasteiger partial charge in [0.2, 0.25) is 0 Å². The molecule has 0 aromatic heterocycles. The minimum absolute atomic E-state index is 0.582. The van der Waals surface area contributed by atoms with Crippen LogP contribution < -0.4 is 5.30 Å². The molecule has 1 N–H and O–H groups in total. The summed E-state index contributed by atoms with van der Waals surface area (Å²) in [6.07, 6.45) is 15.1. The van der Waals surface area contributed by atoms with E-state index in [0.29, 0.717) is 5.56 Å². The molecule has 144 valence electrons. The van der Waals surface area contributed by atoms with Gasteiger partial charge >= 0.3 is 155 Å². The topological polar surface area (TPSA) is 37.3 Å². The van der Waals surface area contributed by atoms with Gasteiger partial charge in [0.1, 0.15) is 0 Å². The molecule has 0 amide bonds. The Morgan fingerprint density at radius 3 is 1.64 bits per heavy atom. The van der Waals surface area contributed by atoms with Gasteiger partial charge in [0, 0.05) is 0 Å². The van der Waals surface area contributed by atoms with Gasteiger partial charge in [0.05, 0.1) is 0 Å². The molecule has 1 aromatic carbocycles. The molecule has 0 aliphatic heterocycles. The second-order valence-electron chi connectivity index (χ2n) is 7.50. The van der Waals surface area contributed by atoms with Gasteiger partial charge in [-0.3, -0.25) is 0 Å². The molecule has 2 nitrogen and oxygen atoms in total. The normalized spacial score (nSPS) is 12.3. The number of aromatic carboxylic acids is 1. The van der Waals surface area contributed by atoms with Crippen molar-refractivity contribution in [3.05, 3.63) is 29.8 Å². The summed E-state index contributed by atoms with van der Waals surface area (Å²) in [5.74, 6) is -0.742. The second-order valence-corrected chi connectivity index (χ2v) is 12.1. The van der Waals surface area contributed by atoms with Crippen molar-refractivity contribution in [2.24, 2.45) is 0 Å². The number of carbonyl (C=O) groups is 1. The molecular formula is C22H39O2P. The maximum atomic E-state index is 11.9. The Bertz CT molecular complexity index is 472. The van der Waals surface area contributed by atoms with Crippen LogP contribution in [0.4, 0.5) is 0 Å². The van der Waals surface area contributed by atoms with Crippen LogP contribution in [0.5, 0.6) is 0 Å². The first-order valence-electron chi connectivity index (χ1n) is 10.4. The SMILES string of the molecule is CCCCC[PH](CCCCC)(CCCCC)c1ccccc1C(=O)O. The molecule has 0 radical (unpaired) electrons. The molecule has 0 aliphatic carbocycles. The van der Waals surface area contributed by atoms with Crippen molar-refractivity contribution in [3.8, 4) is 0 Å². The first kappa shape index (κ1) is 22.2. The molecule has 1 rings (SSSR count). The van der Waals surface area contributed by atoms with Crippen molar-refractivity contribution in [1.82, 2.24) is 0 Å². The molecule has 0 atom stereocenters. The van der Waals surface area contributed by atoms with Gasteiger partial charge in [-0.1, -0.05) is 0 Å². The molecule has 0 unspecified atom stereocenters. The van der Waals surface area contributed by atoms with E-state index in [9.17, 15) is 9.90 Å². The Kier molecular flexibility index (Phi) is 11.1. The molecule has 1 aromatic rings. The third-order valence-corrected chi connectivity index (χ3v) is 11.0. The Morgan fingerprint density at radius 1 is 0.800 bits per heavy atom. The van der Waals surface area contributed by atoms with Crippen molar-refractivity contribution >= 4 is 18.5 Å². The quantitative estimate of drug-likeness (QED) is 0.308. The molecule has 0 saturated carbocycles. The second kappa shape index (κ2) is 12.5. The van der Waals surface area contributed by atoms with Gasteiger partial charge in [-0.05, 0) is 0 Å². The van der Waals surface area contributed by atoms with Crippen molar-refractivity contribution < 1.29 is 9.90 Å². The third-order valence-electron chi connectivity index (χ3n) is 5.51. The number of hydrogen-bond donors (Lipinski definition) is 1. The van der Waals surface area contributed by atoms with E-state index < -0.39 is 13.2 Å². The van der Waals surface area contributed by atoms with E-state index in [-0.39, 0.29) is 0 Å². The van der Waals surface area contributed by atoms with Crippen molar-refractivity contribution in [1.29, 1.82) is 0 Å². The van der Waals surface area contributed by atoms with Gasteiger partial charge in [-0.15, -0.1) is 0 Å². The van der Waals surface area contributed by atoms with E-state index in [1.165, 1.54) is 81.6 Å². The first-order chi connectivity index (χ1) is 12.1. The van der Waals surface area contributed by atoms with Gasteiger partial charge < -0.3 is 0 Å². The zero-order chi connectivity index (χ0) is 18.5. The molecule has 3 heteroatoms. The summed E-state index contributed by atoms with van der Waals surface area (Å²) in [5, 5.41) is 11.0. The summed E-state index contributed by atoms with van der Waals surface area (Å²) in [5.41, 5.74) is 0.582. The van der Waals surface area contributed by atoms with Crippen molar-refractivity contribution in [2.75, 3.05) is 18.5 Å². The fourth-order valence-corrected chi connectivity index (χ4v) is 9.60. The predicted molar refractivity (Wildman–Crippen MR) is 115 cm³/mol. The predicted octanol–water partition coefficient (Wildman–Crippen LogP) is 6.33. The Morgan fingerprint density at radius 2 is 1.24 bits per heavy atom. The molecule has 0 saturated heterocycles. The molecule has 0 aliphatic rings. The summed E-state index contributed by atoms with van der Waals surface area (Å²) in [6.45, 7) is 6.76. The Labute approximate surface area is 155 Å². The number of rotatable bonds is 14. The molecule has 0 bridgehead atoms. The van der Waals surface area contributed by atoms with E-state index in [0.717, 1.165) is 0 Å². The van der Waals surface area contributed by atoms with Crippen LogP contribution in [0.15, 0.2) is 24.3 Å². The van der Waals surface area contributed by atoms with Crippen molar-refractivity contribution in [2.45, 2.75) is 78.6 Å². The summed E-state index contributed by atoms with van der Waals surface area (Å²) in [7, 11) is -1.77. The monoisotopic (exact) mass is 366 g/mol. The van der Waals surface area contributed by atoms with E-state index in [1.807, 2.05) is 12.1 Å². The summed E-state index contributed by atoms with van der Waals surface area (Å²) in [4.78, 5) is 11.9. The van der Waals surface area contributed by atoms with Crippen LogP contribution in [0.25, 0.3) is 0 Å². The van der Waals surface area contributed by atoms with E-state index in [4.69, 9.17) is 0 Å². The van der Waals surface area contributed by atoms with Crippen LogP contribution in [-0.4, -0.2) is 29.6 Å². The number of hydrogen-bond acceptors (Lipinski definition) is 1. The summed E-state index contributed by atoms with van der Waals surface area (Å²) < 4.78 is 0. The summed E-state index contributed by atoms with van der Waals surface area (Å²) in [6, 6.07) is 7.93. The maximum absolute atomic E-state index is 11.9. The Hall–Kier alpha value is -0.880. The van der Waals surface area contributed by atoms with Gasteiger partial charge in [0.15, 0.2) is 0 Å². The zero-order valence-corrected chi connectivity index (χ0v) is 17.7. The van der Waals surface area contributed by atoms with Crippen LogP contribution in [0.2, 0.25) is 0 Å². The van der Waals surface area contributed by atoms with Crippen molar-refractivity contribution in [3.63, 3.8) is 0 Å². The molecule has 0 heterocycles. The van der Waals surface area contributed by atoms with Gasteiger partial charge in [-0.25, -0.2) is 0 Å². The standard InChI is InChI=1S/C22H39O2P/c1-4-7-12-17-25(18-13-8-5-2,19-14-9-6-3)21-16-11-10-15-20(21)22(23)24/h10-11,15-16,25H,4-9,12-14,17-19H2,1-3H3,(H,23,24). The number of carboxylic acid groups (broad SMARTS) is 1. The van der Waals surface area contributed by atoms with Gasteiger partial charge in [0.25, 0.3) is 0 Å². The molecular weight excluding hydrogens is 327 g/mol. The fourth-order valence-electron chi connectivity index (χ4n) is 4.05. The van der Waals surface area contributed by atoms with E-state index in [2.05, 4.69) is 32.9 Å². The van der Waals surface area contributed by atoms with Crippen LogP contribution in [0, 0.1) is 0 Å². The van der Waals surface area contributed by atoms with Crippen LogP contribution in [0.1, 0.15) is 88.9 Å². The average Bonchev–Trinajstić information content (AvgIpc) is 2.62. The fraction of sp³-hybridized carbons (Fsp3) is 0.682. The zero-order valence-electron chi connectivity index (χ0n) is 16.7. The van der Waals surface area contributed by atoms with Gasteiger partial charge in [-0.2, -0.15) is 0 Å². The summed E-state index contributed by atoms with van der Waals surface area (Å²) >= 11 is 0.